The molecule has 21 heavy (non-hydrogen) atoms. The van der Waals surface area contributed by atoms with Crippen molar-refractivity contribution in [3.63, 3.8) is 0 Å². The van der Waals surface area contributed by atoms with Gasteiger partial charge in [0.25, 0.3) is 0 Å². The standard InChI is InChI=1S/C16H23NO4/c1-11(2)17(10-14-4-3-9-21-14)15(18)12-5-7-13(8-6-12)16(19)20/h3-4,9,11-13H,5-8,10H2,1-2H3,(H,19,20). The van der Waals surface area contributed by atoms with E-state index in [4.69, 9.17) is 9.52 Å². The Morgan fingerprint density at radius 2 is 1.90 bits per heavy atom. The van der Waals surface area contributed by atoms with E-state index in [1.165, 1.54) is 0 Å². The third-order valence-electron chi connectivity index (χ3n) is 4.24. The van der Waals surface area contributed by atoms with Gasteiger partial charge in [-0.3, -0.25) is 9.59 Å². The van der Waals surface area contributed by atoms with E-state index in [1.807, 2.05) is 30.9 Å². The molecule has 1 aliphatic rings. The van der Waals surface area contributed by atoms with Crippen LogP contribution in [0.3, 0.4) is 0 Å². The maximum atomic E-state index is 12.7. The second kappa shape index (κ2) is 6.78. The summed E-state index contributed by atoms with van der Waals surface area (Å²) < 4.78 is 5.33. The lowest BCUT2D eigenvalue weighted by Crippen LogP contribution is -2.41. The Hall–Kier alpha value is -1.78. The van der Waals surface area contributed by atoms with Crippen molar-refractivity contribution < 1.29 is 19.1 Å². The van der Waals surface area contributed by atoms with Gasteiger partial charge in [0.05, 0.1) is 18.7 Å². The first-order chi connectivity index (χ1) is 9.99. The van der Waals surface area contributed by atoms with Gasteiger partial charge in [0, 0.05) is 12.0 Å². The van der Waals surface area contributed by atoms with Gasteiger partial charge in [-0.15, -0.1) is 0 Å². The summed E-state index contributed by atoms with van der Waals surface area (Å²) in [5, 5.41) is 9.02. The van der Waals surface area contributed by atoms with Gasteiger partial charge in [-0.2, -0.15) is 0 Å². The monoisotopic (exact) mass is 293 g/mol. The Labute approximate surface area is 124 Å². The van der Waals surface area contributed by atoms with Crippen LogP contribution in [0.2, 0.25) is 0 Å². The lowest BCUT2D eigenvalue weighted by atomic mass is 9.81. The third-order valence-corrected chi connectivity index (χ3v) is 4.24. The molecule has 0 radical (unpaired) electrons. The quantitative estimate of drug-likeness (QED) is 0.906. The summed E-state index contributed by atoms with van der Waals surface area (Å²) in [5.41, 5.74) is 0. The van der Waals surface area contributed by atoms with Gasteiger partial charge in [0.15, 0.2) is 0 Å². The molecule has 0 atom stereocenters. The molecule has 5 heteroatoms. The van der Waals surface area contributed by atoms with Crippen molar-refractivity contribution in [3.8, 4) is 0 Å². The fourth-order valence-corrected chi connectivity index (χ4v) is 2.91. The fourth-order valence-electron chi connectivity index (χ4n) is 2.91. The molecule has 0 bridgehead atoms. The number of aliphatic carboxylic acids is 1. The van der Waals surface area contributed by atoms with E-state index in [1.54, 1.807) is 6.26 Å². The van der Waals surface area contributed by atoms with Crippen molar-refractivity contribution in [2.75, 3.05) is 0 Å². The number of carbonyl (C=O) groups excluding carboxylic acids is 1. The lowest BCUT2D eigenvalue weighted by molar-refractivity contribution is -0.146. The second-order valence-electron chi connectivity index (χ2n) is 6.03. The number of amides is 1. The van der Waals surface area contributed by atoms with Gasteiger partial charge in [0.1, 0.15) is 5.76 Å². The highest BCUT2D eigenvalue weighted by molar-refractivity contribution is 5.79. The maximum Gasteiger partial charge on any atom is 0.306 e. The Kier molecular flexibility index (Phi) is 5.04. The number of carboxylic acid groups (broad SMARTS) is 1. The summed E-state index contributed by atoms with van der Waals surface area (Å²) in [7, 11) is 0. The molecule has 0 unspecified atom stereocenters. The first kappa shape index (κ1) is 15.6. The summed E-state index contributed by atoms with van der Waals surface area (Å²) in [6.45, 7) is 4.45. The molecule has 1 heterocycles. The molecule has 1 amide bonds. The molecule has 1 fully saturated rings. The van der Waals surface area contributed by atoms with Gasteiger partial charge >= 0.3 is 5.97 Å². The van der Waals surface area contributed by atoms with Crippen LogP contribution in [-0.4, -0.2) is 27.9 Å². The van der Waals surface area contributed by atoms with Crippen LogP contribution in [0.5, 0.6) is 0 Å². The summed E-state index contributed by atoms with van der Waals surface area (Å²) in [4.78, 5) is 25.5. The Morgan fingerprint density at radius 1 is 1.29 bits per heavy atom. The average molecular weight is 293 g/mol. The molecule has 1 saturated carbocycles. The van der Waals surface area contributed by atoms with Crippen molar-refractivity contribution in [3.05, 3.63) is 24.2 Å². The minimum absolute atomic E-state index is 0.0574. The first-order valence-electron chi connectivity index (χ1n) is 7.54. The van der Waals surface area contributed by atoms with Crippen LogP contribution in [-0.2, 0) is 16.1 Å². The SMILES string of the molecule is CC(C)N(Cc1ccco1)C(=O)C1CCC(C(=O)O)CC1. The Bertz CT molecular complexity index is 472. The lowest BCUT2D eigenvalue weighted by Gasteiger charge is -2.33. The van der Waals surface area contributed by atoms with Gasteiger partial charge in [-0.1, -0.05) is 0 Å². The van der Waals surface area contributed by atoms with Crippen LogP contribution in [0.4, 0.5) is 0 Å². The Balaban J connectivity index is 1.97. The largest absolute Gasteiger partial charge is 0.481 e. The molecule has 0 aromatic carbocycles. The van der Waals surface area contributed by atoms with Crippen molar-refractivity contribution >= 4 is 11.9 Å². The van der Waals surface area contributed by atoms with Gasteiger partial charge in [-0.25, -0.2) is 0 Å². The van der Waals surface area contributed by atoms with Crippen LogP contribution < -0.4 is 0 Å². The topological polar surface area (TPSA) is 70.8 Å². The predicted molar refractivity (Wildman–Crippen MR) is 77.5 cm³/mol. The van der Waals surface area contributed by atoms with Crippen molar-refractivity contribution in [2.45, 2.75) is 52.1 Å². The second-order valence-corrected chi connectivity index (χ2v) is 6.03. The molecular formula is C16H23NO4. The first-order valence-corrected chi connectivity index (χ1v) is 7.54. The van der Waals surface area contributed by atoms with E-state index in [-0.39, 0.29) is 23.8 Å². The van der Waals surface area contributed by atoms with Gasteiger partial charge in [0.2, 0.25) is 5.91 Å². The highest BCUT2D eigenvalue weighted by Crippen LogP contribution is 2.31. The molecule has 0 spiro atoms. The van der Waals surface area contributed by atoms with E-state index >= 15 is 0 Å². The minimum atomic E-state index is -0.739. The molecule has 1 aromatic heterocycles. The average Bonchev–Trinajstić information content (AvgIpc) is 2.97. The van der Waals surface area contributed by atoms with Crippen LogP contribution in [0.25, 0.3) is 0 Å². The minimum Gasteiger partial charge on any atom is -0.481 e. The zero-order valence-electron chi connectivity index (χ0n) is 12.6. The van der Waals surface area contributed by atoms with E-state index in [0.717, 1.165) is 5.76 Å². The van der Waals surface area contributed by atoms with Crippen LogP contribution >= 0.6 is 0 Å². The van der Waals surface area contributed by atoms with Crippen LogP contribution in [0, 0.1) is 11.8 Å². The number of hydrogen-bond donors (Lipinski definition) is 1. The number of furan rings is 1. The van der Waals surface area contributed by atoms with Crippen LogP contribution in [0.1, 0.15) is 45.3 Å². The highest BCUT2D eigenvalue weighted by atomic mass is 16.4. The van der Waals surface area contributed by atoms with E-state index < -0.39 is 5.97 Å². The molecular weight excluding hydrogens is 270 g/mol. The number of nitrogens with zero attached hydrogens (tertiary/aromatic N) is 1. The normalized spacial score (nSPS) is 22.2. The maximum absolute atomic E-state index is 12.7. The summed E-state index contributed by atoms with van der Waals surface area (Å²) in [5.74, 6) is -0.191. The summed E-state index contributed by atoms with van der Waals surface area (Å²) in [6, 6.07) is 3.78. The van der Waals surface area contributed by atoms with E-state index in [9.17, 15) is 9.59 Å². The van der Waals surface area contributed by atoms with E-state index in [2.05, 4.69) is 0 Å². The fraction of sp³-hybridized carbons (Fsp3) is 0.625. The smallest absolute Gasteiger partial charge is 0.306 e. The van der Waals surface area contributed by atoms with Crippen molar-refractivity contribution in [1.29, 1.82) is 0 Å². The van der Waals surface area contributed by atoms with Crippen molar-refractivity contribution in [1.82, 2.24) is 4.90 Å². The summed E-state index contributed by atoms with van der Waals surface area (Å²) in [6.07, 6.45) is 4.13. The molecule has 2 rings (SSSR count). The molecule has 0 aliphatic heterocycles. The number of rotatable bonds is 5. The summed E-state index contributed by atoms with van der Waals surface area (Å²) >= 11 is 0. The van der Waals surface area contributed by atoms with Gasteiger partial charge in [-0.05, 0) is 51.7 Å². The zero-order valence-corrected chi connectivity index (χ0v) is 12.6. The zero-order chi connectivity index (χ0) is 15.4. The number of carbonyl (C=O) groups is 2. The number of hydrogen-bond acceptors (Lipinski definition) is 3. The molecule has 1 N–H and O–H groups in total. The third kappa shape index (κ3) is 3.86. The molecule has 1 aliphatic carbocycles. The molecule has 116 valence electrons. The molecule has 5 nitrogen and oxygen atoms in total. The highest BCUT2D eigenvalue weighted by Gasteiger charge is 2.33. The van der Waals surface area contributed by atoms with Gasteiger partial charge < -0.3 is 14.4 Å². The van der Waals surface area contributed by atoms with Crippen molar-refractivity contribution in [2.24, 2.45) is 11.8 Å². The molecule has 1 aromatic rings. The molecule has 0 saturated heterocycles. The predicted octanol–water partition coefficient (Wildman–Crippen LogP) is 2.91. The van der Waals surface area contributed by atoms with Crippen LogP contribution in [0.15, 0.2) is 22.8 Å². The number of carboxylic acids is 1. The Morgan fingerprint density at radius 3 is 2.38 bits per heavy atom. The van der Waals surface area contributed by atoms with E-state index in [0.29, 0.717) is 32.2 Å².